The van der Waals surface area contributed by atoms with E-state index in [1.807, 2.05) is 6.07 Å². The Labute approximate surface area is 149 Å². The van der Waals surface area contributed by atoms with Crippen molar-refractivity contribution in [3.8, 4) is 11.5 Å². The first-order chi connectivity index (χ1) is 12.1. The summed E-state index contributed by atoms with van der Waals surface area (Å²) in [6, 6.07) is 6.20. The topological polar surface area (TPSA) is 78.1 Å². The van der Waals surface area contributed by atoms with E-state index in [4.69, 9.17) is 19.9 Å². The molecule has 1 aromatic rings. The number of aliphatic imine (C=N–C) groups is 1. The largest absolute Gasteiger partial charge is 0.454 e. The summed E-state index contributed by atoms with van der Waals surface area (Å²) >= 11 is 0. The van der Waals surface area contributed by atoms with E-state index in [2.05, 4.69) is 36.3 Å². The fourth-order valence-corrected chi connectivity index (χ4v) is 3.31. The van der Waals surface area contributed by atoms with E-state index in [0.29, 0.717) is 25.2 Å². The van der Waals surface area contributed by atoms with Gasteiger partial charge in [0, 0.05) is 25.2 Å². The SMILES string of the molecule is CC(C)CCNC(N)=NCC1(c2ccc3c(c2)OCO3)CCOCC1. The van der Waals surface area contributed by atoms with Crippen LogP contribution in [0, 0.1) is 5.92 Å². The molecule has 0 aliphatic carbocycles. The Morgan fingerprint density at radius 2 is 2.00 bits per heavy atom. The van der Waals surface area contributed by atoms with Crippen molar-refractivity contribution in [2.45, 2.75) is 38.5 Å². The Hall–Kier alpha value is -1.95. The Bertz CT molecular complexity index is 610. The zero-order valence-electron chi connectivity index (χ0n) is 15.2. The number of benzene rings is 1. The van der Waals surface area contributed by atoms with Gasteiger partial charge in [0.15, 0.2) is 17.5 Å². The van der Waals surface area contributed by atoms with Gasteiger partial charge in [-0.25, -0.2) is 0 Å². The molecule has 6 heteroatoms. The molecule has 6 nitrogen and oxygen atoms in total. The number of nitrogens with two attached hydrogens (primary N) is 1. The second-order valence-electron chi connectivity index (χ2n) is 7.27. The van der Waals surface area contributed by atoms with Gasteiger partial charge >= 0.3 is 0 Å². The lowest BCUT2D eigenvalue weighted by atomic mass is 9.74. The van der Waals surface area contributed by atoms with Crippen LogP contribution in [0.2, 0.25) is 0 Å². The summed E-state index contributed by atoms with van der Waals surface area (Å²) in [5.41, 5.74) is 7.22. The summed E-state index contributed by atoms with van der Waals surface area (Å²) in [5, 5.41) is 3.22. The van der Waals surface area contributed by atoms with Crippen LogP contribution in [0.5, 0.6) is 11.5 Å². The maximum absolute atomic E-state index is 6.07. The molecule has 2 aliphatic heterocycles. The van der Waals surface area contributed by atoms with Crippen molar-refractivity contribution in [2.24, 2.45) is 16.6 Å². The lowest BCUT2D eigenvalue weighted by molar-refractivity contribution is 0.0530. The standard InChI is InChI=1S/C19H29N3O3/c1-14(2)5-8-21-18(20)22-12-19(6-9-23-10-7-19)15-3-4-16-17(11-15)25-13-24-16/h3-4,11,14H,5-10,12-13H2,1-2H3,(H3,20,21,22). The molecule has 3 N–H and O–H groups in total. The average molecular weight is 347 g/mol. The molecule has 138 valence electrons. The summed E-state index contributed by atoms with van der Waals surface area (Å²) in [6.07, 6.45) is 2.93. The van der Waals surface area contributed by atoms with Crippen LogP contribution in [0.25, 0.3) is 0 Å². The number of nitrogens with one attached hydrogen (secondary N) is 1. The number of nitrogens with zero attached hydrogens (tertiary/aromatic N) is 1. The van der Waals surface area contributed by atoms with Crippen LogP contribution in [0.4, 0.5) is 0 Å². The highest BCUT2D eigenvalue weighted by Crippen LogP contribution is 2.41. The molecule has 1 saturated heterocycles. The van der Waals surface area contributed by atoms with Gasteiger partial charge in [-0.05, 0) is 42.9 Å². The summed E-state index contributed by atoms with van der Waals surface area (Å²) in [6.45, 7) is 7.68. The van der Waals surface area contributed by atoms with Crippen molar-refractivity contribution in [1.29, 1.82) is 0 Å². The molecule has 2 aliphatic rings. The second-order valence-corrected chi connectivity index (χ2v) is 7.27. The first-order valence-corrected chi connectivity index (χ1v) is 9.11. The molecule has 0 spiro atoms. The van der Waals surface area contributed by atoms with Crippen molar-refractivity contribution in [3.63, 3.8) is 0 Å². The van der Waals surface area contributed by atoms with E-state index in [1.165, 1.54) is 5.56 Å². The minimum atomic E-state index is -0.0659. The van der Waals surface area contributed by atoms with Crippen LogP contribution in [0.15, 0.2) is 23.2 Å². The van der Waals surface area contributed by atoms with Gasteiger partial charge in [0.2, 0.25) is 6.79 Å². The first-order valence-electron chi connectivity index (χ1n) is 9.11. The minimum absolute atomic E-state index is 0.0659. The number of hydrogen-bond donors (Lipinski definition) is 2. The number of fused-ring (bicyclic) bond motifs is 1. The van der Waals surface area contributed by atoms with Crippen LogP contribution in [0.1, 0.15) is 38.7 Å². The van der Waals surface area contributed by atoms with E-state index in [-0.39, 0.29) is 5.41 Å². The molecule has 0 aromatic heterocycles. The van der Waals surface area contributed by atoms with E-state index in [9.17, 15) is 0 Å². The lowest BCUT2D eigenvalue weighted by Gasteiger charge is -2.36. The third-order valence-corrected chi connectivity index (χ3v) is 5.01. The van der Waals surface area contributed by atoms with Crippen molar-refractivity contribution < 1.29 is 14.2 Å². The zero-order chi connectivity index (χ0) is 17.7. The molecule has 2 heterocycles. The fraction of sp³-hybridized carbons (Fsp3) is 0.632. The molecule has 0 atom stereocenters. The molecule has 25 heavy (non-hydrogen) atoms. The number of ether oxygens (including phenoxy) is 3. The lowest BCUT2D eigenvalue weighted by Crippen LogP contribution is -2.39. The summed E-state index contributed by atoms with van der Waals surface area (Å²) in [7, 11) is 0. The van der Waals surface area contributed by atoms with E-state index < -0.39 is 0 Å². The predicted octanol–water partition coefficient (Wildman–Crippen LogP) is 2.41. The Morgan fingerprint density at radius 3 is 2.76 bits per heavy atom. The van der Waals surface area contributed by atoms with Gasteiger partial charge in [-0.15, -0.1) is 0 Å². The van der Waals surface area contributed by atoms with Crippen LogP contribution in [-0.2, 0) is 10.2 Å². The molecule has 1 fully saturated rings. The fourth-order valence-electron chi connectivity index (χ4n) is 3.31. The molecule has 0 unspecified atom stereocenters. The van der Waals surface area contributed by atoms with Gasteiger partial charge in [-0.2, -0.15) is 0 Å². The highest BCUT2D eigenvalue weighted by atomic mass is 16.7. The van der Waals surface area contributed by atoms with Gasteiger partial charge in [0.25, 0.3) is 0 Å². The molecule has 0 amide bonds. The monoisotopic (exact) mass is 347 g/mol. The Kier molecular flexibility index (Phi) is 5.68. The highest BCUT2D eigenvalue weighted by molar-refractivity contribution is 5.77. The van der Waals surface area contributed by atoms with Gasteiger partial charge in [0.1, 0.15) is 0 Å². The van der Waals surface area contributed by atoms with Gasteiger partial charge < -0.3 is 25.3 Å². The van der Waals surface area contributed by atoms with Crippen molar-refractivity contribution in [1.82, 2.24) is 5.32 Å². The molecule has 0 radical (unpaired) electrons. The molecular weight excluding hydrogens is 318 g/mol. The molecular formula is C19H29N3O3. The van der Waals surface area contributed by atoms with Gasteiger partial charge in [-0.3, -0.25) is 4.99 Å². The molecule has 0 saturated carbocycles. The summed E-state index contributed by atoms with van der Waals surface area (Å²) in [4.78, 5) is 4.64. The van der Waals surface area contributed by atoms with Crippen molar-refractivity contribution >= 4 is 5.96 Å². The van der Waals surface area contributed by atoms with Crippen LogP contribution in [0.3, 0.4) is 0 Å². The summed E-state index contributed by atoms with van der Waals surface area (Å²) < 4.78 is 16.6. The van der Waals surface area contributed by atoms with Crippen LogP contribution in [-0.4, -0.2) is 39.1 Å². The van der Waals surface area contributed by atoms with Gasteiger partial charge in [-0.1, -0.05) is 19.9 Å². The van der Waals surface area contributed by atoms with Gasteiger partial charge in [0.05, 0.1) is 6.54 Å². The highest BCUT2D eigenvalue weighted by Gasteiger charge is 2.35. The number of hydrogen-bond acceptors (Lipinski definition) is 4. The molecule has 0 bridgehead atoms. The minimum Gasteiger partial charge on any atom is -0.454 e. The van der Waals surface area contributed by atoms with E-state index >= 15 is 0 Å². The Morgan fingerprint density at radius 1 is 1.24 bits per heavy atom. The third-order valence-electron chi connectivity index (χ3n) is 5.01. The number of guanidine groups is 1. The van der Waals surface area contributed by atoms with Crippen LogP contribution < -0.4 is 20.5 Å². The van der Waals surface area contributed by atoms with Crippen molar-refractivity contribution in [2.75, 3.05) is 33.1 Å². The normalized spacial score (nSPS) is 19.2. The Balaban J connectivity index is 1.72. The summed E-state index contributed by atoms with van der Waals surface area (Å²) in [5.74, 6) is 2.79. The van der Waals surface area contributed by atoms with Crippen molar-refractivity contribution in [3.05, 3.63) is 23.8 Å². The van der Waals surface area contributed by atoms with Crippen LogP contribution >= 0.6 is 0 Å². The van der Waals surface area contributed by atoms with E-state index in [0.717, 1.165) is 50.5 Å². The maximum Gasteiger partial charge on any atom is 0.231 e. The first kappa shape index (κ1) is 17.9. The smallest absolute Gasteiger partial charge is 0.231 e. The quantitative estimate of drug-likeness (QED) is 0.610. The molecule has 1 aromatic carbocycles. The molecule has 3 rings (SSSR count). The predicted molar refractivity (Wildman–Crippen MR) is 98.2 cm³/mol. The number of rotatable bonds is 6. The third kappa shape index (κ3) is 4.37. The maximum atomic E-state index is 6.07. The van der Waals surface area contributed by atoms with E-state index in [1.54, 1.807) is 0 Å². The average Bonchev–Trinajstić information content (AvgIpc) is 3.08. The second kappa shape index (κ2) is 7.95. The zero-order valence-corrected chi connectivity index (χ0v) is 15.2.